The molecule has 8 nitrogen and oxygen atoms in total. The van der Waals surface area contributed by atoms with Gasteiger partial charge in [0.05, 0.1) is 13.2 Å². The third kappa shape index (κ3) is 7.13. The Balaban J connectivity index is 1.27. The molecule has 2 fully saturated rings. The summed E-state index contributed by atoms with van der Waals surface area (Å²) in [5, 5.41) is 0. The van der Waals surface area contributed by atoms with E-state index in [4.69, 9.17) is 14.2 Å². The van der Waals surface area contributed by atoms with Crippen LogP contribution in [0.1, 0.15) is 36.5 Å². The van der Waals surface area contributed by atoms with Crippen molar-refractivity contribution in [2.45, 2.75) is 26.2 Å². The van der Waals surface area contributed by atoms with Gasteiger partial charge in [0.25, 0.3) is 5.91 Å². The molecule has 8 heteroatoms. The molecule has 2 aliphatic heterocycles. The van der Waals surface area contributed by atoms with Gasteiger partial charge >= 0.3 is 0 Å². The van der Waals surface area contributed by atoms with Gasteiger partial charge in [0, 0.05) is 44.8 Å². The van der Waals surface area contributed by atoms with Gasteiger partial charge in [-0.15, -0.1) is 0 Å². The number of nitrogens with zero attached hydrogens (tertiary/aromatic N) is 3. The SMILES string of the molecule is CCOc1cc(C(=O)N2CCN(CC(=O)N3CCCCC3)CC2)ccc1OCCOc1ccccc1. The molecule has 0 bridgehead atoms. The normalized spacial score (nSPS) is 16.5. The summed E-state index contributed by atoms with van der Waals surface area (Å²) in [6.07, 6.45) is 3.41. The van der Waals surface area contributed by atoms with Crippen LogP contribution in [0, 0.1) is 0 Å². The molecular formula is C28H37N3O5. The van der Waals surface area contributed by atoms with Crippen molar-refractivity contribution in [3.05, 3.63) is 54.1 Å². The molecule has 0 unspecified atom stereocenters. The highest BCUT2D eigenvalue weighted by Gasteiger charge is 2.26. The number of para-hydroxylation sites is 1. The number of piperazine rings is 1. The zero-order valence-corrected chi connectivity index (χ0v) is 21.2. The van der Waals surface area contributed by atoms with Crippen molar-refractivity contribution in [3.8, 4) is 17.2 Å². The lowest BCUT2D eigenvalue weighted by Gasteiger charge is -2.36. The summed E-state index contributed by atoms with van der Waals surface area (Å²) in [6, 6.07) is 14.9. The third-order valence-electron chi connectivity index (χ3n) is 6.57. The van der Waals surface area contributed by atoms with Crippen molar-refractivity contribution in [2.75, 3.05) is 65.6 Å². The summed E-state index contributed by atoms with van der Waals surface area (Å²) in [5.74, 6) is 2.11. The minimum absolute atomic E-state index is 0.0306. The van der Waals surface area contributed by atoms with Gasteiger partial charge in [-0.2, -0.15) is 0 Å². The second-order valence-electron chi connectivity index (χ2n) is 9.11. The Hall–Kier alpha value is -3.26. The number of benzene rings is 2. The molecule has 194 valence electrons. The van der Waals surface area contributed by atoms with Gasteiger partial charge in [-0.25, -0.2) is 0 Å². The van der Waals surface area contributed by atoms with Crippen LogP contribution in [0.2, 0.25) is 0 Å². The van der Waals surface area contributed by atoms with E-state index in [2.05, 4.69) is 4.90 Å². The van der Waals surface area contributed by atoms with Crippen LogP contribution >= 0.6 is 0 Å². The average Bonchev–Trinajstić information content (AvgIpc) is 2.93. The summed E-state index contributed by atoms with van der Waals surface area (Å²) >= 11 is 0. The van der Waals surface area contributed by atoms with Crippen LogP contribution in [0.5, 0.6) is 17.2 Å². The molecule has 0 atom stereocenters. The Bertz CT molecular complexity index is 986. The molecule has 2 aromatic rings. The lowest BCUT2D eigenvalue weighted by Crippen LogP contribution is -2.52. The molecule has 0 spiro atoms. The van der Waals surface area contributed by atoms with Crippen LogP contribution in [0.4, 0.5) is 0 Å². The zero-order valence-electron chi connectivity index (χ0n) is 21.2. The van der Waals surface area contributed by atoms with Crippen molar-refractivity contribution in [1.82, 2.24) is 14.7 Å². The smallest absolute Gasteiger partial charge is 0.254 e. The van der Waals surface area contributed by atoms with E-state index in [1.807, 2.05) is 47.1 Å². The van der Waals surface area contributed by atoms with Gasteiger partial charge in [0.2, 0.25) is 5.91 Å². The number of ether oxygens (including phenoxy) is 3. The Morgan fingerprint density at radius 1 is 0.750 bits per heavy atom. The van der Waals surface area contributed by atoms with Gasteiger partial charge in [-0.05, 0) is 56.5 Å². The fraction of sp³-hybridized carbons (Fsp3) is 0.500. The maximum Gasteiger partial charge on any atom is 0.254 e. The molecule has 0 aliphatic carbocycles. The number of likely N-dealkylation sites (tertiary alicyclic amines) is 1. The molecule has 0 aromatic heterocycles. The summed E-state index contributed by atoms with van der Waals surface area (Å²) in [5.41, 5.74) is 0.573. The lowest BCUT2D eigenvalue weighted by molar-refractivity contribution is -0.133. The fourth-order valence-electron chi connectivity index (χ4n) is 4.58. The number of piperidine rings is 1. The summed E-state index contributed by atoms with van der Waals surface area (Å²) in [4.78, 5) is 31.7. The molecule has 0 saturated carbocycles. The van der Waals surface area contributed by atoms with Crippen LogP contribution in [0.25, 0.3) is 0 Å². The molecule has 2 saturated heterocycles. The molecular weight excluding hydrogens is 458 g/mol. The van der Waals surface area contributed by atoms with Crippen LogP contribution in [-0.4, -0.2) is 92.1 Å². The fourth-order valence-corrected chi connectivity index (χ4v) is 4.58. The number of amides is 2. The molecule has 2 amide bonds. The molecule has 2 heterocycles. The minimum atomic E-state index is -0.0306. The number of hydrogen-bond donors (Lipinski definition) is 0. The van der Waals surface area contributed by atoms with Crippen molar-refractivity contribution >= 4 is 11.8 Å². The zero-order chi connectivity index (χ0) is 25.2. The third-order valence-corrected chi connectivity index (χ3v) is 6.57. The first-order chi connectivity index (χ1) is 17.6. The Labute approximate surface area is 213 Å². The van der Waals surface area contributed by atoms with E-state index in [0.717, 1.165) is 31.7 Å². The number of rotatable bonds is 10. The van der Waals surface area contributed by atoms with Crippen LogP contribution in [0.3, 0.4) is 0 Å². The number of hydrogen-bond acceptors (Lipinski definition) is 6. The Morgan fingerprint density at radius 3 is 2.19 bits per heavy atom. The summed E-state index contributed by atoms with van der Waals surface area (Å²) in [6.45, 7) is 7.93. The minimum Gasteiger partial charge on any atom is -0.490 e. The molecule has 2 aromatic carbocycles. The van der Waals surface area contributed by atoms with E-state index >= 15 is 0 Å². The Kier molecular flexibility index (Phi) is 9.44. The maximum atomic E-state index is 13.2. The average molecular weight is 496 g/mol. The first kappa shape index (κ1) is 25.8. The van der Waals surface area contributed by atoms with Gasteiger partial charge in [0.1, 0.15) is 19.0 Å². The Morgan fingerprint density at radius 2 is 1.47 bits per heavy atom. The van der Waals surface area contributed by atoms with Crippen molar-refractivity contribution in [3.63, 3.8) is 0 Å². The predicted molar refractivity (Wildman–Crippen MR) is 138 cm³/mol. The molecule has 4 rings (SSSR count). The van der Waals surface area contributed by atoms with E-state index in [0.29, 0.717) is 69.6 Å². The standard InChI is InChI=1S/C28H37N3O5/c1-2-34-26-21-23(11-12-25(26)36-20-19-35-24-9-5-3-6-10-24)28(33)31-17-15-29(16-18-31)22-27(32)30-13-7-4-8-14-30/h3,5-6,9-12,21H,2,4,7-8,13-20,22H2,1H3. The highest BCUT2D eigenvalue weighted by Crippen LogP contribution is 2.29. The van der Waals surface area contributed by atoms with Crippen molar-refractivity contribution in [2.24, 2.45) is 0 Å². The van der Waals surface area contributed by atoms with Crippen molar-refractivity contribution < 1.29 is 23.8 Å². The molecule has 2 aliphatic rings. The van der Waals surface area contributed by atoms with Crippen molar-refractivity contribution in [1.29, 1.82) is 0 Å². The highest BCUT2D eigenvalue weighted by atomic mass is 16.5. The van der Waals surface area contributed by atoms with Crippen LogP contribution < -0.4 is 14.2 Å². The van der Waals surface area contributed by atoms with E-state index in [1.165, 1.54) is 6.42 Å². The van der Waals surface area contributed by atoms with E-state index in [-0.39, 0.29) is 11.8 Å². The topological polar surface area (TPSA) is 71.6 Å². The monoisotopic (exact) mass is 495 g/mol. The van der Waals surface area contributed by atoms with Crippen LogP contribution in [-0.2, 0) is 4.79 Å². The second kappa shape index (κ2) is 13.2. The molecule has 0 N–H and O–H groups in total. The first-order valence-corrected chi connectivity index (χ1v) is 13.0. The highest BCUT2D eigenvalue weighted by molar-refractivity contribution is 5.95. The molecule has 0 radical (unpaired) electrons. The second-order valence-corrected chi connectivity index (χ2v) is 9.11. The van der Waals surface area contributed by atoms with Gasteiger partial charge in [-0.3, -0.25) is 14.5 Å². The first-order valence-electron chi connectivity index (χ1n) is 13.0. The largest absolute Gasteiger partial charge is 0.490 e. The van der Waals surface area contributed by atoms with E-state index in [9.17, 15) is 9.59 Å². The number of carbonyl (C=O) groups excluding carboxylic acids is 2. The van der Waals surface area contributed by atoms with E-state index < -0.39 is 0 Å². The lowest BCUT2D eigenvalue weighted by atomic mass is 10.1. The number of carbonyl (C=O) groups is 2. The predicted octanol–water partition coefficient (Wildman–Crippen LogP) is 3.31. The summed E-state index contributed by atoms with van der Waals surface area (Å²) in [7, 11) is 0. The maximum absolute atomic E-state index is 13.2. The van der Waals surface area contributed by atoms with Gasteiger partial charge in [0.15, 0.2) is 11.5 Å². The van der Waals surface area contributed by atoms with Gasteiger partial charge in [-0.1, -0.05) is 18.2 Å². The summed E-state index contributed by atoms with van der Waals surface area (Å²) < 4.78 is 17.3. The van der Waals surface area contributed by atoms with E-state index in [1.54, 1.807) is 18.2 Å². The van der Waals surface area contributed by atoms with Gasteiger partial charge < -0.3 is 24.0 Å². The quantitative estimate of drug-likeness (QED) is 0.471. The van der Waals surface area contributed by atoms with Crippen LogP contribution in [0.15, 0.2) is 48.5 Å². The molecule has 36 heavy (non-hydrogen) atoms.